The first-order valence-electron chi connectivity index (χ1n) is 8.55. The standard InChI is InChI=1S/C21H18N4O2/c1-13-4-6-15(7-5-13)20-23-22-19-11-10-18(24-25(19)20)16-8-9-17(14(2)12-16)21(26)27-3/h4-12H,1-3H3. The van der Waals surface area contributed by atoms with Crippen LogP contribution in [-0.4, -0.2) is 32.9 Å². The Morgan fingerprint density at radius 1 is 0.926 bits per heavy atom. The van der Waals surface area contributed by atoms with Gasteiger partial charge in [0.25, 0.3) is 0 Å². The van der Waals surface area contributed by atoms with Crippen molar-refractivity contribution in [1.82, 2.24) is 19.8 Å². The van der Waals surface area contributed by atoms with Crippen molar-refractivity contribution in [2.24, 2.45) is 0 Å². The molecule has 134 valence electrons. The molecule has 2 aromatic carbocycles. The average Bonchev–Trinajstić information content (AvgIpc) is 3.11. The van der Waals surface area contributed by atoms with E-state index in [-0.39, 0.29) is 5.97 Å². The van der Waals surface area contributed by atoms with Crippen LogP contribution in [0.4, 0.5) is 0 Å². The van der Waals surface area contributed by atoms with Crippen molar-refractivity contribution in [1.29, 1.82) is 0 Å². The molecule has 0 unspecified atom stereocenters. The van der Waals surface area contributed by atoms with Crippen molar-refractivity contribution in [2.75, 3.05) is 7.11 Å². The predicted octanol–water partition coefficient (Wildman–Crippen LogP) is 3.86. The zero-order valence-corrected chi connectivity index (χ0v) is 15.3. The van der Waals surface area contributed by atoms with Crippen LogP contribution in [0.2, 0.25) is 0 Å². The Kier molecular flexibility index (Phi) is 4.16. The molecule has 0 aliphatic heterocycles. The Balaban J connectivity index is 1.79. The van der Waals surface area contributed by atoms with Gasteiger partial charge in [-0.3, -0.25) is 0 Å². The summed E-state index contributed by atoms with van der Waals surface area (Å²) in [6.45, 7) is 3.92. The van der Waals surface area contributed by atoms with Crippen molar-refractivity contribution in [3.63, 3.8) is 0 Å². The molecule has 0 N–H and O–H groups in total. The number of aromatic nitrogens is 4. The number of carbonyl (C=O) groups excluding carboxylic acids is 1. The number of carbonyl (C=O) groups is 1. The fourth-order valence-corrected chi connectivity index (χ4v) is 2.99. The van der Waals surface area contributed by atoms with Gasteiger partial charge in [-0.05, 0) is 43.7 Å². The molecular formula is C21H18N4O2. The molecule has 27 heavy (non-hydrogen) atoms. The van der Waals surface area contributed by atoms with E-state index in [0.717, 1.165) is 22.4 Å². The highest BCUT2D eigenvalue weighted by atomic mass is 16.5. The first-order valence-corrected chi connectivity index (χ1v) is 8.55. The summed E-state index contributed by atoms with van der Waals surface area (Å²) in [6, 6.07) is 17.4. The molecule has 0 aliphatic carbocycles. The van der Waals surface area contributed by atoms with Crippen LogP contribution in [0.3, 0.4) is 0 Å². The monoisotopic (exact) mass is 358 g/mol. The second-order valence-corrected chi connectivity index (χ2v) is 6.40. The first kappa shape index (κ1) is 16.9. The lowest BCUT2D eigenvalue weighted by Crippen LogP contribution is -2.04. The van der Waals surface area contributed by atoms with E-state index in [1.807, 2.05) is 62.4 Å². The molecule has 0 aliphatic rings. The van der Waals surface area contributed by atoms with Crippen molar-refractivity contribution in [2.45, 2.75) is 13.8 Å². The molecule has 2 heterocycles. The van der Waals surface area contributed by atoms with E-state index in [4.69, 9.17) is 9.84 Å². The minimum Gasteiger partial charge on any atom is -0.465 e. The fourth-order valence-electron chi connectivity index (χ4n) is 2.99. The normalized spacial score (nSPS) is 10.9. The van der Waals surface area contributed by atoms with Gasteiger partial charge in [0.15, 0.2) is 11.5 Å². The van der Waals surface area contributed by atoms with E-state index in [1.165, 1.54) is 12.7 Å². The van der Waals surface area contributed by atoms with Gasteiger partial charge in [-0.1, -0.05) is 35.9 Å². The Hall–Kier alpha value is -3.54. The summed E-state index contributed by atoms with van der Waals surface area (Å²) in [6.07, 6.45) is 0. The third kappa shape index (κ3) is 3.06. The van der Waals surface area contributed by atoms with Crippen LogP contribution in [0.25, 0.3) is 28.3 Å². The molecule has 0 amide bonds. The third-order valence-electron chi connectivity index (χ3n) is 4.50. The molecule has 0 radical (unpaired) electrons. The molecule has 0 atom stereocenters. The molecule has 0 saturated carbocycles. The summed E-state index contributed by atoms with van der Waals surface area (Å²) in [7, 11) is 1.38. The first-order chi connectivity index (χ1) is 13.1. The molecule has 2 aromatic heterocycles. The molecule has 0 fully saturated rings. The number of benzene rings is 2. The lowest BCUT2D eigenvalue weighted by molar-refractivity contribution is 0.0600. The van der Waals surface area contributed by atoms with Gasteiger partial charge in [0.1, 0.15) is 0 Å². The zero-order valence-electron chi connectivity index (χ0n) is 15.3. The Morgan fingerprint density at radius 3 is 2.37 bits per heavy atom. The maximum Gasteiger partial charge on any atom is 0.338 e. The van der Waals surface area contributed by atoms with E-state index in [1.54, 1.807) is 10.6 Å². The summed E-state index contributed by atoms with van der Waals surface area (Å²) < 4.78 is 6.55. The number of nitrogens with zero attached hydrogens (tertiary/aromatic N) is 4. The highest BCUT2D eigenvalue weighted by Crippen LogP contribution is 2.23. The second kappa shape index (κ2) is 6.64. The molecule has 0 saturated heterocycles. The summed E-state index contributed by atoms with van der Waals surface area (Å²) in [5, 5.41) is 13.2. The van der Waals surface area contributed by atoms with Gasteiger partial charge < -0.3 is 4.74 Å². The van der Waals surface area contributed by atoms with E-state index in [0.29, 0.717) is 17.0 Å². The number of ether oxygens (including phenoxy) is 1. The van der Waals surface area contributed by atoms with Crippen molar-refractivity contribution in [3.8, 4) is 22.6 Å². The number of methoxy groups -OCH3 is 1. The minimum absolute atomic E-state index is 0.345. The lowest BCUT2D eigenvalue weighted by Gasteiger charge is -2.07. The van der Waals surface area contributed by atoms with Crippen LogP contribution >= 0.6 is 0 Å². The van der Waals surface area contributed by atoms with Crippen molar-refractivity contribution >= 4 is 11.6 Å². The number of fused-ring (bicyclic) bond motifs is 1. The van der Waals surface area contributed by atoms with Gasteiger partial charge in [0, 0.05) is 11.1 Å². The lowest BCUT2D eigenvalue weighted by atomic mass is 10.0. The van der Waals surface area contributed by atoms with Gasteiger partial charge in [0.05, 0.1) is 18.4 Å². The van der Waals surface area contributed by atoms with Crippen molar-refractivity contribution < 1.29 is 9.53 Å². The number of esters is 1. The number of rotatable bonds is 3. The van der Waals surface area contributed by atoms with Gasteiger partial charge in [-0.25, -0.2) is 4.79 Å². The Labute approximate surface area is 156 Å². The predicted molar refractivity (Wildman–Crippen MR) is 102 cm³/mol. The van der Waals surface area contributed by atoms with Gasteiger partial charge in [-0.2, -0.15) is 9.61 Å². The zero-order chi connectivity index (χ0) is 19.0. The third-order valence-corrected chi connectivity index (χ3v) is 4.50. The van der Waals surface area contributed by atoms with E-state index in [2.05, 4.69) is 10.2 Å². The van der Waals surface area contributed by atoms with Crippen LogP contribution in [0.15, 0.2) is 54.6 Å². The van der Waals surface area contributed by atoms with E-state index >= 15 is 0 Å². The smallest absolute Gasteiger partial charge is 0.338 e. The van der Waals surface area contributed by atoms with E-state index in [9.17, 15) is 4.79 Å². The molecule has 4 rings (SSSR count). The Bertz CT molecular complexity index is 1150. The van der Waals surface area contributed by atoms with Gasteiger partial charge in [0.2, 0.25) is 0 Å². The van der Waals surface area contributed by atoms with Crippen LogP contribution in [-0.2, 0) is 4.74 Å². The summed E-state index contributed by atoms with van der Waals surface area (Å²) >= 11 is 0. The topological polar surface area (TPSA) is 69.4 Å². The van der Waals surface area contributed by atoms with Gasteiger partial charge in [-0.15, -0.1) is 10.2 Å². The summed E-state index contributed by atoms with van der Waals surface area (Å²) in [4.78, 5) is 11.8. The maximum absolute atomic E-state index is 11.8. The van der Waals surface area contributed by atoms with Crippen LogP contribution in [0.1, 0.15) is 21.5 Å². The molecular weight excluding hydrogens is 340 g/mol. The second-order valence-electron chi connectivity index (χ2n) is 6.40. The Morgan fingerprint density at radius 2 is 1.67 bits per heavy atom. The minimum atomic E-state index is -0.345. The van der Waals surface area contributed by atoms with Crippen LogP contribution in [0.5, 0.6) is 0 Å². The number of hydrogen-bond donors (Lipinski definition) is 0. The largest absolute Gasteiger partial charge is 0.465 e. The maximum atomic E-state index is 11.8. The molecule has 0 bridgehead atoms. The quantitative estimate of drug-likeness (QED) is 0.520. The molecule has 4 aromatic rings. The number of aryl methyl sites for hydroxylation is 2. The summed E-state index contributed by atoms with van der Waals surface area (Å²) in [5.41, 5.74) is 5.88. The van der Waals surface area contributed by atoms with Gasteiger partial charge >= 0.3 is 5.97 Å². The SMILES string of the molecule is COC(=O)c1ccc(-c2ccc3nnc(-c4ccc(C)cc4)n3n2)cc1C. The summed E-state index contributed by atoms with van der Waals surface area (Å²) in [5.74, 6) is 0.345. The molecule has 0 spiro atoms. The van der Waals surface area contributed by atoms with Crippen molar-refractivity contribution in [3.05, 3.63) is 71.3 Å². The molecule has 6 nitrogen and oxygen atoms in total. The van der Waals surface area contributed by atoms with Crippen LogP contribution < -0.4 is 0 Å². The highest BCUT2D eigenvalue weighted by molar-refractivity contribution is 5.91. The number of hydrogen-bond acceptors (Lipinski definition) is 5. The van der Waals surface area contributed by atoms with E-state index < -0.39 is 0 Å². The average molecular weight is 358 g/mol. The highest BCUT2D eigenvalue weighted by Gasteiger charge is 2.13. The van der Waals surface area contributed by atoms with Crippen LogP contribution in [0, 0.1) is 13.8 Å². The molecule has 6 heteroatoms. The fraction of sp³-hybridized carbons (Fsp3) is 0.143.